The number of nitrogens with one attached hydrogen (secondary N) is 1. The summed E-state index contributed by atoms with van der Waals surface area (Å²) in [7, 11) is 0. The van der Waals surface area contributed by atoms with Crippen LogP contribution in [-0.2, 0) is 16.1 Å². The average molecular weight is 404 g/mol. The lowest BCUT2D eigenvalue weighted by molar-refractivity contribution is -0.141. The van der Waals surface area contributed by atoms with E-state index in [4.69, 9.17) is 4.74 Å². The molecular weight excluding hydrogens is 384 g/mol. The maximum absolute atomic E-state index is 13.1. The van der Waals surface area contributed by atoms with E-state index in [9.17, 15) is 14.4 Å². The molecule has 0 atom stereocenters. The molecule has 0 aliphatic heterocycles. The van der Waals surface area contributed by atoms with Gasteiger partial charge in [0.05, 0.1) is 30.4 Å². The van der Waals surface area contributed by atoms with Crippen molar-refractivity contribution in [2.45, 2.75) is 13.5 Å². The van der Waals surface area contributed by atoms with E-state index >= 15 is 0 Å². The quantitative estimate of drug-likeness (QED) is 0.496. The summed E-state index contributed by atoms with van der Waals surface area (Å²) in [4.78, 5) is 37.2. The highest BCUT2D eigenvalue weighted by molar-refractivity contribution is 5.98. The Labute approximate surface area is 171 Å². The van der Waals surface area contributed by atoms with Crippen LogP contribution in [-0.4, -0.2) is 39.2 Å². The van der Waals surface area contributed by atoms with Crippen molar-refractivity contribution in [1.82, 2.24) is 19.5 Å². The van der Waals surface area contributed by atoms with Crippen molar-refractivity contribution >= 4 is 28.4 Å². The van der Waals surface area contributed by atoms with Gasteiger partial charge < -0.3 is 14.6 Å². The van der Waals surface area contributed by atoms with Gasteiger partial charge in [-0.2, -0.15) is 5.10 Å². The van der Waals surface area contributed by atoms with Crippen LogP contribution in [0, 0.1) is 0 Å². The molecule has 0 saturated heterocycles. The van der Waals surface area contributed by atoms with Gasteiger partial charge in [0.25, 0.3) is 11.5 Å². The Balaban J connectivity index is 1.78. The standard InChI is InChI=1S/C22H20N4O4/c1-2-30-20(27)13-23-21(28)16-8-9-17-19(12-16)25(14-15-6-4-3-5-7-15)22(29)18-10-11-24-26(17)18/h3-12H,2,13-14H2,1H3,(H,23,28). The monoisotopic (exact) mass is 404 g/mol. The molecule has 1 amide bonds. The first-order chi connectivity index (χ1) is 14.6. The smallest absolute Gasteiger partial charge is 0.325 e. The van der Waals surface area contributed by atoms with Crippen molar-refractivity contribution in [2.75, 3.05) is 13.2 Å². The fourth-order valence-corrected chi connectivity index (χ4v) is 3.35. The molecule has 0 aliphatic carbocycles. The van der Waals surface area contributed by atoms with Crippen LogP contribution in [0.5, 0.6) is 0 Å². The number of aromatic nitrogens is 3. The molecule has 8 nitrogen and oxygen atoms in total. The number of rotatable bonds is 6. The highest BCUT2D eigenvalue weighted by atomic mass is 16.5. The summed E-state index contributed by atoms with van der Waals surface area (Å²) in [6, 6.07) is 16.3. The maximum atomic E-state index is 13.1. The van der Waals surface area contributed by atoms with Crippen LogP contribution in [0.1, 0.15) is 22.8 Å². The number of fused-ring (bicyclic) bond motifs is 3. The van der Waals surface area contributed by atoms with Crippen LogP contribution < -0.4 is 10.9 Å². The predicted molar refractivity (Wildman–Crippen MR) is 111 cm³/mol. The van der Waals surface area contributed by atoms with E-state index in [0.717, 1.165) is 5.56 Å². The van der Waals surface area contributed by atoms with Gasteiger partial charge in [-0.3, -0.25) is 14.4 Å². The van der Waals surface area contributed by atoms with Crippen LogP contribution in [0.4, 0.5) is 0 Å². The second-order valence-electron chi connectivity index (χ2n) is 6.70. The molecule has 1 N–H and O–H groups in total. The summed E-state index contributed by atoms with van der Waals surface area (Å²) in [6.07, 6.45) is 1.57. The van der Waals surface area contributed by atoms with E-state index < -0.39 is 11.9 Å². The summed E-state index contributed by atoms with van der Waals surface area (Å²) >= 11 is 0. The second kappa shape index (κ2) is 8.20. The van der Waals surface area contributed by atoms with E-state index in [1.165, 1.54) is 0 Å². The average Bonchev–Trinajstić information content (AvgIpc) is 3.26. The fraction of sp³-hybridized carbons (Fsp3) is 0.182. The minimum Gasteiger partial charge on any atom is -0.465 e. The van der Waals surface area contributed by atoms with Crippen molar-refractivity contribution in [3.8, 4) is 0 Å². The van der Waals surface area contributed by atoms with Gasteiger partial charge in [-0.25, -0.2) is 4.52 Å². The molecule has 4 rings (SSSR count). The van der Waals surface area contributed by atoms with Crippen molar-refractivity contribution in [3.05, 3.63) is 82.3 Å². The Morgan fingerprint density at radius 3 is 2.60 bits per heavy atom. The van der Waals surface area contributed by atoms with Crippen LogP contribution in [0.15, 0.2) is 65.6 Å². The molecule has 0 aliphatic rings. The Kier molecular flexibility index (Phi) is 5.30. The van der Waals surface area contributed by atoms with Crippen molar-refractivity contribution in [2.24, 2.45) is 0 Å². The summed E-state index contributed by atoms with van der Waals surface area (Å²) in [5, 5.41) is 6.79. The van der Waals surface area contributed by atoms with Gasteiger partial charge in [0, 0.05) is 5.56 Å². The van der Waals surface area contributed by atoms with Gasteiger partial charge in [-0.15, -0.1) is 0 Å². The van der Waals surface area contributed by atoms with Gasteiger partial charge in [0.2, 0.25) is 0 Å². The van der Waals surface area contributed by atoms with Gasteiger partial charge in [0.1, 0.15) is 12.1 Å². The predicted octanol–water partition coefficient (Wildman–Crippen LogP) is 1.99. The van der Waals surface area contributed by atoms with Crippen LogP contribution in [0.25, 0.3) is 16.6 Å². The Hall–Kier alpha value is -3.94. The number of hydrogen-bond donors (Lipinski definition) is 1. The van der Waals surface area contributed by atoms with E-state index in [1.54, 1.807) is 46.5 Å². The number of amides is 1. The van der Waals surface area contributed by atoms with Gasteiger partial charge in [0.15, 0.2) is 0 Å². The maximum Gasteiger partial charge on any atom is 0.325 e. The van der Waals surface area contributed by atoms with E-state index in [-0.39, 0.29) is 18.7 Å². The normalized spacial score (nSPS) is 11.0. The Morgan fingerprint density at radius 2 is 1.83 bits per heavy atom. The molecule has 30 heavy (non-hydrogen) atoms. The lowest BCUT2D eigenvalue weighted by atomic mass is 10.1. The zero-order valence-corrected chi connectivity index (χ0v) is 16.4. The third kappa shape index (κ3) is 3.67. The summed E-state index contributed by atoms with van der Waals surface area (Å²) < 4.78 is 8.03. The topological polar surface area (TPSA) is 94.7 Å². The first kappa shape index (κ1) is 19.4. The van der Waals surface area contributed by atoms with Crippen molar-refractivity contribution < 1.29 is 14.3 Å². The molecule has 8 heteroatoms. The number of benzene rings is 2. The second-order valence-corrected chi connectivity index (χ2v) is 6.70. The van der Waals surface area contributed by atoms with E-state index in [0.29, 0.717) is 28.7 Å². The fourth-order valence-electron chi connectivity index (χ4n) is 3.35. The SMILES string of the molecule is CCOC(=O)CNC(=O)c1ccc2c(c1)n(Cc1ccccc1)c(=O)c1ccnn12. The molecule has 0 bridgehead atoms. The summed E-state index contributed by atoms with van der Waals surface area (Å²) in [5.41, 5.74) is 2.82. The van der Waals surface area contributed by atoms with Gasteiger partial charge in [-0.05, 0) is 36.8 Å². The molecule has 0 fully saturated rings. The lowest BCUT2D eigenvalue weighted by Crippen LogP contribution is -2.31. The van der Waals surface area contributed by atoms with Crippen LogP contribution in [0.3, 0.4) is 0 Å². The highest BCUT2D eigenvalue weighted by Crippen LogP contribution is 2.18. The molecule has 0 radical (unpaired) electrons. The molecule has 2 aromatic carbocycles. The van der Waals surface area contributed by atoms with Crippen molar-refractivity contribution in [1.29, 1.82) is 0 Å². The number of carbonyl (C=O) groups excluding carboxylic acids is 2. The number of ether oxygens (including phenoxy) is 1. The molecule has 0 saturated carbocycles. The first-order valence-corrected chi connectivity index (χ1v) is 9.56. The molecule has 4 aromatic rings. The minimum absolute atomic E-state index is 0.201. The number of carbonyl (C=O) groups is 2. The highest BCUT2D eigenvalue weighted by Gasteiger charge is 2.15. The molecule has 0 unspecified atom stereocenters. The molecule has 2 heterocycles. The Morgan fingerprint density at radius 1 is 1.03 bits per heavy atom. The molecule has 152 valence electrons. The number of nitrogens with zero attached hydrogens (tertiary/aromatic N) is 3. The first-order valence-electron chi connectivity index (χ1n) is 9.56. The molecule has 2 aromatic heterocycles. The van der Waals surface area contributed by atoms with Crippen LogP contribution >= 0.6 is 0 Å². The lowest BCUT2D eigenvalue weighted by Gasteiger charge is -2.13. The molecular formula is C22H20N4O4. The summed E-state index contributed by atoms with van der Waals surface area (Å²) in [6.45, 7) is 2.08. The third-order valence-electron chi connectivity index (χ3n) is 4.75. The van der Waals surface area contributed by atoms with Crippen LogP contribution in [0.2, 0.25) is 0 Å². The van der Waals surface area contributed by atoms with Crippen molar-refractivity contribution in [3.63, 3.8) is 0 Å². The van der Waals surface area contributed by atoms with E-state index in [1.807, 2.05) is 30.3 Å². The zero-order valence-electron chi connectivity index (χ0n) is 16.4. The van der Waals surface area contributed by atoms with Gasteiger partial charge in [-0.1, -0.05) is 30.3 Å². The largest absolute Gasteiger partial charge is 0.465 e. The van der Waals surface area contributed by atoms with E-state index in [2.05, 4.69) is 10.4 Å². The molecule has 0 spiro atoms. The summed E-state index contributed by atoms with van der Waals surface area (Å²) in [5.74, 6) is -0.935. The Bertz CT molecular complexity index is 1290. The third-order valence-corrected chi connectivity index (χ3v) is 4.75. The number of esters is 1. The number of hydrogen-bond acceptors (Lipinski definition) is 5. The van der Waals surface area contributed by atoms with Gasteiger partial charge >= 0.3 is 5.97 Å². The minimum atomic E-state index is -0.508. The zero-order chi connectivity index (χ0) is 21.1.